The van der Waals surface area contributed by atoms with Gasteiger partial charge in [0, 0.05) is 12.7 Å². The standard InChI is InChI=1S/C8H13N3/c1-11(7-10-9)8-5-3-2-4-6-8/h2-6,10H,7,9H2,1H3. The minimum absolute atomic E-state index is 0.657. The third kappa shape index (κ3) is 2.22. The molecule has 60 valence electrons. The van der Waals surface area contributed by atoms with E-state index in [0.717, 1.165) is 5.69 Å². The monoisotopic (exact) mass is 151 g/mol. The van der Waals surface area contributed by atoms with Crippen molar-refractivity contribution in [2.24, 2.45) is 5.84 Å². The van der Waals surface area contributed by atoms with E-state index in [9.17, 15) is 0 Å². The highest BCUT2D eigenvalue weighted by Crippen LogP contribution is 2.08. The van der Waals surface area contributed by atoms with Crippen molar-refractivity contribution in [3.8, 4) is 0 Å². The van der Waals surface area contributed by atoms with Crippen LogP contribution in [0.15, 0.2) is 30.3 Å². The molecule has 0 atom stereocenters. The molecule has 3 heteroatoms. The van der Waals surface area contributed by atoms with Gasteiger partial charge in [0.25, 0.3) is 0 Å². The van der Waals surface area contributed by atoms with Crippen molar-refractivity contribution in [1.29, 1.82) is 0 Å². The average Bonchev–Trinajstić information content (AvgIpc) is 2.07. The Morgan fingerprint density at radius 1 is 1.36 bits per heavy atom. The van der Waals surface area contributed by atoms with Crippen molar-refractivity contribution in [3.05, 3.63) is 30.3 Å². The molecule has 0 aliphatic rings. The summed E-state index contributed by atoms with van der Waals surface area (Å²) in [6.07, 6.45) is 0. The van der Waals surface area contributed by atoms with Crippen LogP contribution < -0.4 is 16.2 Å². The molecule has 0 aliphatic carbocycles. The maximum absolute atomic E-state index is 5.18. The molecule has 0 radical (unpaired) electrons. The Hall–Kier alpha value is -1.06. The molecule has 0 unspecified atom stereocenters. The number of nitrogens with one attached hydrogen (secondary N) is 1. The second-order valence-electron chi connectivity index (χ2n) is 2.40. The predicted molar refractivity (Wildman–Crippen MR) is 47.0 cm³/mol. The van der Waals surface area contributed by atoms with Gasteiger partial charge in [0.05, 0.1) is 6.67 Å². The molecule has 0 heterocycles. The Bertz CT molecular complexity index is 198. The van der Waals surface area contributed by atoms with Gasteiger partial charge in [0.2, 0.25) is 0 Å². The topological polar surface area (TPSA) is 41.3 Å². The second-order valence-corrected chi connectivity index (χ2v) is 2.40. The van der Waals surface area contributed by atoms with E-state index in [2.05, 4.69) is 5.43 Å². The second kappa shape index (κ2) is 3.95. The molecule has 0 amide bonds. The van der Waals surface area contributed by atoms with Crippen molar-refractivity contribution < 1.29 is 0 Å². The fraction of sp³-hybridized carbons (Fsp3) is 0.250. The summed E-state index contributed by atoms with van der Waals surface area (Å²) >= 11 is 0. The van der Waals surface area contributed by atoms with Crippen LogP contribution in [0.2, 0.25) is 0 Å². The summed E-state index contributed by atoms with van der Waals surface area (Å²) in [7, 11) is 1.98. The average molecular weight is 151 g/mol. The SMILES string of the molecule is CN(CNN)c1ccccc1. The van der Waals surface area contributed by atoms with Gasteiger partial charge in [-0.2, -0.15) is 0 Å². The van der Waals surface area contributed by atoms with Crippen molar-refractivity contribution in [2.45, 2.75) is 0 Å². The number of rotatable bonds is 3. The quantitative estimate of drug-likeness (QED) is 0.376. The maximum atomic E-state index is 5.18. The zero-order valence-electron chi connectivity index (χ0n) is 6.62. The molecule has 0 bridgehead atoms. The number of hydrogen-bond acceptors (Lipinski definition) is 3. The maximum Gasteiger partial charge on any atom is 0.0805 e. The Labute approximate surface area is 66.8 Å². The van der Waals surface area contributed by atoms with Crippen molar-refractivity contribution in [2.75, 3.05) is 18.6 Å². The Kier molecular flexibility index (Phi) is 2.89. The molecule has 1 aromatic rings. The number of hydrazine groups is 1. The van der Waals surface area contributed by atoms with Crippen LogP contribution >= 0.6 is 0 Å². The lowest BCUT2D eigenvalue weighted by Gasteiger charge is -2.17. The Morgan fingerprint density at radius 2 is 2.00 bits per heavy atom. The van der Waals surface area contributed by atoms with Crippen LogP contribution in [0, 0.1) is 0 Å². The van der Waals surface area contributed by atoms with Crippen LogP contribution in [0.4, 0.5) is 5.69 Å². The van der Waals surface area contributed by atoms with E-state index >= 15 is 0 Å². The van der Waals surface area contributed by atoms with Gasteiger partial charge < -0.3 is 4.90 Å². The Morgan fingerprint density at radius 3 is 2.55 bits per heavy atom. The molecular weight excluding hydrogens is 138 g/mol. The minimum atomic E-state index is 0.657. The molecule has 0 saturated heterocycles. The van der Waals surface area contributed by atoms with Gasteiger partial charge in [-0.15, -0.1) is 0 Å². The third-order valence-corrected chi connectivity index (χ3v) is 1.53. The highest BCUT2D eigenvalue weighted by atomic mass is 15.3. The number of benzene rings is 1. The molecule has 0 saturated carbocycles. The number of hydrogen-bond donors (Lipinski definition) is 2. The van der Waals surface area contributed by atoms with Gasteiger partial charge in [0.1, 0.15) is 0 Å². The van der Waals surface area contributed by atoms with Gasteiger partial charge in [-0.05, 0) is 12.1 Å². The molecule has 3 nitrogen and oxygen atoms in total. The summed E-state index contributed by atoms with van der Waals surface area (Å²) in [4.78, 5) is 2.03. The molecule has 0 spiro atoms. The smallest absolute Gasteiger partial charge is 0.0805 e. The zero-order valence-corrected chi connectivity index (χ0v) is 6.62. The summed E-state index contributed by atoms with van der Waals surface area (Å²) in [6, 6.07) is 10.1. The first kappa shape index (κ1) is 8.04. The van der Waals surface area contributed by atoms with E-state index in [4.69, 9.17) is 5.84 Å². The number of para-hydroxylation sites is 1. The van der Waals surface area contributed by atoms with Crippen LogP contribution in [0.3, 0.4) is 0 Å². The Balaban J connectivity index is 2.61. The lowest BCUT2D eigenvalue weighted by molar-refractivity contribution is 0.718. The largest absolute Gasteiger partial charge is 0.361 e. The normalized spacial score (nSPS) is 9.64. The van der Waals surface area contributed by atoms with Gasteiger partial charge in [0.15, 0.2) is 0 Å². The lowest BCUT2D eigenvalue weighted by Crippen LogP contribution is -2.35. The van der Waals surface area contributed by atoms with Crippen LogP contribution in [0.1, 0.15) is 0 Å². The first-order chi connectivity index (χ1) is 5.34. The summed E-state index contributed by atoms with van der Waals surface area (Å²) in [6.45, 7) is 0.657. The zero-order chi connectivity index (χ0) is 8.10. The van der Waals surface area contributed by atoms with Gasteiger partial charge in [-0.25, -0.2) is 5.43 Å². The van der Waals surface area contributed by atoms with Crippen molar-refractivity contribution in [3.63, 3.8) is 0 Å². The van der Waals surface area contributed by atoms with E-state index < -0.39 is 0 Å². The lowest BCUT2D eigenvalue weighted by atomic mass is 10.3. The third-order valence-electron chi connectivity index (χ3n) is 1.53. The molecule has 1 rings (SSSR count). The van der Waals surface area contributed by atoms with Crippen molar-refractivity contribution in [1.82, 2.24) is 5.43 Å². The summed E-state index contributed by atoms with van der Waals surface area (Å²) in [5.41, 5.74) is 3.75. The summed E-state index contributed by atoms with van der Waals surface area (Å²) in [5, 5.41) is 0. The number of anilines is 1. The van der Waals surface area contributed by atoms with Crippen LogP contribution in [0.25, 0.3) is 0 Å². The highest BCUT2D eigenvalue weighted by molar-refractivity contribution is 5.44. The van der Waals surface area contributed by atoms with E-state index in [1.165, 1.54) is 0 Å². The molecule has 0 aliphatic heterocycles. The van der Waals surface area contributed by atoms with Gasteiger partial charge in [-0.3, -0.25) is 5.84 Å². The number of nitrogens with two attached hydrogens (primary N) is 1. The molecular formula is C8H13N3. The molecule has 3 N–H and O–H groups in total. The first-order valence-corrected chi connectivity index (χ1v) is 3.54. The van der Waals surface area contributed by atoms with Crippen LogP contribution in [0.5, 0.6) is 0 Å². The van der Waals surface area contributed by atoms with E-state index in [-0.39, 0.29) is 0 Å². The molecule has 11 heavy (non-hydrogen) atoms. The van der Waals surface area contributed by atoms with E-state index in [1.54, 1.807) is 0 Å². The fourth-order valence-corrected chi connectivity index (χ4v) is 0.911. The van der Waals surface area contributed by atoms with E-state index in [1.807, 2.05) is 42.3 Å². The van der Waals surface area contributed by atoms with Crippen LogP contribution in [-0.4, -0.2) is 13.7 Å². The van der Waals surface area contributed by atoms with Crippen LogP contribution in [-0.2, 0) is 0 Å². The van der Waals surface area contributed by atoms with E-state index in [0.29, 0.717) is 6.67 Å². The van der Waals surface area contributed by atoms with Gasteiger partial charge >= 0.3 is 0 Å². The molecule has 0 aromatic heterocycles. The highest BCUT2D eigenvalue weighted by Gasteiger charge is 1.94. The minimum Gasteiger partial charge on any atom is -0.361 e. The first-order valence-electron chi connectivity index (χ1n) is 3.54. The molecule has 0 fully saturated rings. The fourth-order valence-electron chi connectivity index (χ4n) is 0.911. The van der Waals surface area contributed by atoms with Gasteiger partial charge in [-0.1, -0.05) is 18.2 Å². The summed E-state index contributed by atoms with van der Waals surface area (Å²) in [5.74, 6) is 5.18. The van der Waals surface area contributed by atoms with Crippen molar-refractivity contribution >= 4 is 5.69 Å². The summed E-state index contributed by atoms with van der Waals surface area (Å²) < 4.78 is 0. The number of nitrogens with zero attached hydrogens (tertiary/aromatic N) is 1. The predicted octanol–water partition coefficient (Wildman–Crippen LogP) is 0.544. The molecule has 1 aromatic carbocycles.